The molecule has 0 spiro atoms. The van der Waals surface area contributed by atoms with Crippen LogP contribution in [0.1, 0.15) is 39.8 Å². The van der Waals surface area contributed by atoms with E-state index in [0.29, 0.717) is 12.3 Å². The lowest BCUT2D eigenvalue weighted by atomic mass is 10.1. The van der Waals surface area contributed by atoms with Crippen molar-refractivity contribution in [3.63, 3.8) is 0 Å². The number of rotatable bonds is 6. The first kappa shape index (κ1) is 17.5. The average molecular weight is 364 g/mol. The molecule has 3 aromatic rings. The first-order valence-corrected chi connectivity index (χ1v) is 9.31. The highest BCUT2D eigenvalue weighted by molar-refractivity contribution is 5.91. The number of carbonyl (C=O) groups is 1. The molecule has 1 atom stereocenters. The zero-order valence-electron chi connectivity index (χ0n) is 15.5. The number of aryl methyl sites for hydroxylation is 1. The molecule has 6 heteroatoms. The second-order valence-corrected chi connectivity index (χ2v) is 7.10. The first-order chi connectivity index (χ1) is 13.2. The van der Waals surface area contributed by atoms with E-state index in [2.05, 4.69) is 57.3 Å². The van der Waals surface area contributed by atoms with Crippen LogP contribution < -0.4 is 5.32 Å². The van der Waals surface area contributed by atoms with Crippen LogP contribution >= 0.6 is 0 Å². The smallest absolute Gasteiger partial charge is 0.286 e. The quantitative estimate of drug-likeness (QED) is 0.730. The molecule has 0 saturated carbocycles. The largest absolute Gasteiger partial charge is 0.459 e. The topological polar surface area (TPSA) is 63.3 Å². The minimum Gasteiger partial charge on any atom is -0.459 e. The van der Waals surface area contributed by atoms with Crippen molar-refractivity contribution in [2.75, 3.05) is 13.1 Å². The summed E-state index contributed by atoms with van der Waals surface area (Å²) >= 11 is 0. The normalized spacial score (nSPS) is 16.9. The van der Waals surface area contributed by atoms with Gasteiger partial charge in [0.15, 0.2) is 5.76 Å². The number of hydrogen-bond donors (Lipinski definition) is 1. The maximum absolute atomic E-state index is 12.0. The molecule has 3 heterocycles. The number of nitrogens with one attached hydrogen (secondary N) is 1. The van der Waals surface area contributed by atoms with E-state index in [0.717, 1.165) is 26.1 Å². The van der Waals surface area contributed by atoms with Gasteiger partial charge in [-0.25, -0.2) is 0 Å². The summed E-state index contributed by atoms with van der Waals surface area (Å²) < 4.78 is 7.24. The Balaban J connectivity index is 1.38. The summed E-state index contributed by atoms with van der Waals surface area (Å²) in [6.07, 6.45) is 4.19. The van der Waals surface area contributed by atoms with Gasteiger partial charge in [0.2, 0.25) is 0 Å². The van der Waals surface area contributed by atoms with E-state index in [1.165, 1.54) is 23.1 Å². The molecule has 0 bridgehead atoms. The van der Waals surface area contributed by atoms with Crippen LogP contribution in [0.4, 0.5) is 0 Å². The summed E-state index contributed by atoms with van der Waals surface area (Å²) in [5.41, 5.74) is 3.81. The van der Waals surface area contributed by atoms with E-state index < -0.39 is 0 Å². The van der Waals surface area contributed by atoms with Crippen molar-refractivity contribution in [1.82, 2.24) is 20.0 Å². The Morgan fingerprint density at radius 2 is 2.11 bits per heavy atom. The third-order valence-electron chi connectivity index (χ3n) is 4.99. The highest BCUT2D eigenvalue weighted by Crippen LogP contribution is 2.24. The van der Waals surface area contributed by atoms with Crippen LogP contribution in [0.5, 0.6) is 0 Å². The first-order valence-electron chi connectivity index (χ1n) is 9.31. The zero-order valence-corrected chi connectivity index (χ0v) is 15.5. The Hall–Kier alpha value is -2.86. The van der Waals surface area contributed by atoms with Gasteiger partial charge in [-0.05, 0) is 37.1 Å². The Kier molecular flexibility index (Phi) is 5.07. The summed E-state index contributed by atoms with van der Waals surface area (Å²) in [5, 5.41) is 7.43. The maximum Gasteiger partial charge on any atom is 0.286 e. The van der Waals surface area contributed by atoms with Gasteiger partial charge in [0.05, 0.1) is 18.0 Å². The fourth-order valence-electron chi connectivity index (χ4n) is 3.60. The van der Waals surface area contributed by atoms with Crippen LogP contribution in [0.2, 0.25) is 0 Å². The van der Waals surface area contributed by atoms with Crippen LogP contribution in [0.25, 0.3) is 0 Å². The lowest BCUT2D eigenvalue weighted by Gasteiger charge is -2.34. The summed E-state index contributed by atoms with van der Waals surface area (Å²) in [5.74, 6) is 0.174. The van der Waals surface area contributed by atoms with Gasteiger partial charge in [-0.2, -0.15) is 5.10 Å². The van der Waals surface area contributed by atoms with Gasteiger partial charge >= 0.3 is 0 Å². The number of fused-ring (bicyclic) bond motifs is 1. The van der Waals surface area contributed by atoms with E-state index in [4.69, 9.17) is 4.42 Å². The SMILES string of the molecule is Cc1ccc(CN2Cc3ccnn3[C@@H](CCNC(=O)c3ccco3)C2)cc1. The maximum atomic E-state index is 12.0. The molecule has 0 unspecified atom stereocenters. The Labute approximate surface area is 158 Å². The Bertz CT molecular complexity index is 883. The van der Waals surface area contributed by atoms with E-state index in [-0.39, 0.29) is 11.9 Å². The predicted octanol–water partition coefficient (Wildman–Crippen LogP) is 3.16. The number of carbonyl (C=O) groups excluding carboxylic acids is 1. The third kappa shape index (κ3) is 4.11. The summed E-state index contributed by atoms with van der Waals surface area (Å²) in [7, 11) is 0. The van der Waals surface area contributed by atoms with Crippen molar-refractivity contribution in [2.45, 2.75) is 32.5 Å². The lowest BCUT2D eigenvalue weighted by Crippen LogP contribution is -2.38. The summed E-state index contributed by atoms with van der Waals surface area (Å²) in [4.78, 5) is 14.5. The second-order valence-electron chi connectivity index (χ2n) is 7.10. The fourth-order valence-corrected chi connectivity index (χ4v) is 3.60. The molecule has 27 heavy (non-hydrogen) atoms. The summed E-state index contributed by atoms with van der Waals surface area (Å²) in [6, 6.07) is 14.4. The number of nitrogens with zero attached hydrogens (tertiary/aromatic N) is 3. The van der Waals surface area contributed by atoms with Gasteiger partial charge in [-0.3, -0.25) is 14.4 Å². The van der Waals surface area contributed by atoms with Crippen molar-refractivity contribution in [3.05, 3.63) is 77.5 Å². The monoisotopic (exact) mass is 364 g/mol. The number of amides is 1. The molecule has 1 N–H and O–H groups in total. The average Bonchev–Trinajstić information content (AvgIpc) is 3.35. The number of benzene rings is 1. The van der Waals surface area contributed by atoms with Crippen LogP contribution in [-0.4, -0.2) is 33.7 Å². The lowest BCUT2D eigenvalue weighted by molar-refractivity contribution is 0.0919. The van der Waals surface area contributed by atoms with Gasteiger partial charge in [0.1, 0.15) is 0 Å². The van der Waals surface area contributed by atoms with Crippen molar-refractivity contribution < 1.29 is 9.21 Å². The molecular weight excluding hydrogens is 340 g/mol. The molecule has 0 fully saturated rings. The molecule has 0 radical (unpaired) electrons. The third-order valence-corrected chi connectivity index (χ3v) is 4.99. The molecule has 6 nitrogen and oxygen atoms in total. The van der Waals surface area contributed by atoms with Gasteiger partial charge in [-0.1, -0.05) is 29.8 Å². The molecule has 1 aliphatic heterocycles. The molecule has 4 rings (SSSR count). The minimum absolute atomic E-state index is 0.173. The molecular formula is C21H24N4O2. The minimum atomic E-state index is -0.173. The van der Waals surface area contributed by atoms with Gasteiger partial charge in [0.25, 0.3) is 5.91 Å². The summed E-state index contributed by atoms with van der Waals surface area (Å²) in [6.45, 7) is 5.42. The van der Waals surface area contributed by atoms with E-state index in [1.54, 1.807) is 12.1 Å². The second kappa shape index (κ2) is 7.80. The van der Waals surface area contributed by atoms with Crippen LogP contribution in [0.3, 0.4) is 0 Å². The number of hydrogen-bond acceptors (Lipinski definition) is 4. The Morgan fingerprint density at radius 3 is 2.89 bits per heavy atom. The highest BCUT2D eigenvalue weighted by atomic mass is 16.3. The van der Waals surface area contributed by atoms with Crippen molar-refractivity contribution in [2.24, 2.45) is 0 Å². The van der Waals surface area contributed by atoms with Gasteiger partial charge < -0.3 is 9.73 Å². The van der Waals surface area contributed by atoms with Gasteiger partial charge in [0, 0.05) is 32.4 Å². The molecule has 0 aliphatic carbocycles. The Morgan fingerprint density at radius 1 is 1.26 bits per heavy atom. The van der Waals surface area contributed by atoms with Crippen LogP contribution in [0, 0.1) is 6.92 Å². The van der Waals surface area contributed by atoms with Crippen LogP contribution in [0.15, 0.2) is 59.3 Å². The van der Waals surface area contributed by atoms with Gasteiger partial charge in [-0.15, -0.1) is 0 Å². The standard InChI is InChI=1S/C21H24N4O2/c1-16-4-6-17(7-5-16)13-24-14-18(25-19(15-24)9-11-23-25)8-10-22-21(26)20-3-2-12-27-20/h2-7,9,11-12,18H,8,10,13-15H2,1H3,(H,22,26)/t18-/m0/s1. The number of furan rings is 1. The van der Waals surface area contributed by atoms with E-state index in [9.17, 15) is 4.79 Å². The molecule has 2 aromatic heterocycles. The van der Waals surface area contributed by atoms with Crippen molar-refractivity contribution >= 4 is 5.91 Å². The molecule has 1 aliphatic rings. The predicted molar refractivity (Wildman–Crippen MR) is 102 cm³/mol. The zero-order chi connectivity index (χ0) is 18.6. The number of aromatic nitrogens is 2. The highest BCUT2D eigenvalue weighted by Gasteiger charge is 2.25. The molecule has 0 saturated heterocycles. The molecule has 140 valence electrons. The van der Waals surface area contributed by atoms with Crippen LogP contribution in [-0.2, 0) is 13.1 Å². The van der Waals surface area contributed by atoms with E-state index in [1.807, 2.05) is 6.20 Å². The van der Waals surface area contributed by atoms with Crippen molar-refractivity contribution in [1.29, 1.82) is 0 Å². The van der Waals surface area contributed by atoms with Crippen molar-refractivity contribution in [3.8, 4) is 0 Å². The molecule has 1 aromatic carbocycles. The molecule has 1 amide bonds. The fraction of sp³-hybridized carbons (Fsp3) is 0.333. The van der Waals surface area contributed by atoms with E-state index >= 15 is 0 Å².